The van der Waals surface area contributed by atoms with Gasteiger partial charge >= 0.3 is 0 Å². The Morgan fingerprint density at radius 3 is 2.39 bits per heavy atom. The lowest BCUT2D eigenvalue weighted by Gasteiger charge is -2.38. The molecule has 10 nitrogen and oxygen atoms in total. The molecule has 0 radical (unpaired) electrons. The SMILES string of the molecule is COc1ccc(-c2cnc(C(=O)Nc3ccc(C(=O)NC4CC(C(=O)NC5CC(N)C5)C4)c(Cl)c3)n2C)c(F)c1F. The van der Waals surface area contributed by atoms with E-state index in [1.165, 1.54) is 55.3 Å². The minimum atomic E-state index is -1.15. The molecular formula is C28H29ClF2N6O4. The van der Waals surface area contributed by atoms with E-state index in [9.17, 15) is 23.2 Å². The topological polar surface area (TPSA) is 140 Å². The smallest absolute Gasteiger partial charge is 0.291 e. The molecule has 13 heteroatoms. The highest BCUT2D eigenvalue weighted by atomic mass is 35.5. The van der Waals surface area contributed by atoms with Crippen LogP contribution >= 0.6 is 11.6 Å². The standard InChI is InChI=1S/C28H29ClF2N6O4/c1-37-21(19-5-6-22(41-2)24(31)23(19)30)12-33-25(37)28(40)34-15-3-4-18(20(29)11-15)27(39)36-16-7-13(8-16)26(38)35-17-9-14(32)10-17/h3-6,11-14,16-17H,7-10,32H2,1-2H3,(H,34,40)(H,35,38)(H,36,39). The molecule has 1 aromatic heterocycles. The van der Waals surface area contributed by atoms with Crippen molar-refractivity contribution in [1.82, 2.24) is 20.2 Å². The zero-order valence-corrected chi connectivity index (χ0v) is 23.1. The van der Waals surface area contributed by atoms with E-state index in [0.717, 1.165) is 12.8 Å². The van der Waals surface area contributed by atoms with Crippen molar-refractivity contribution < 1.29 is 27.9 Å². The Kier molecular flexibility index (Phi) is 7.96. The number of aromatic nitrogens is 2. The van der Waals surface area contributed by atoms with Gasteiger partial charge < -0.3 is 31.0 Å². The molecule has 0 aliphatic heterocycles. The number of nitrogens with zero attached hydrogens (tertiary/aromatic N) is 2. The van der Waals surface area contributed by atoms with Crippen molar-refractivity contribution in [3.63, 3.8) is 0 Å². The first kappa shape index (κ1) is 28.5. The number of methoxy groups -OCH3 is 1. The number of imidazole rings is 1. The van der Waals surface area contributed by atoms with Gasteiger partial charge in [0, 0.05) is 42.3 Å². The third kappa shape index (κ3) is 5.75. The maximum absolute atomic E-state index is 14.6. The molecule has 0 bridgehead atoms. The molecular weight excluding hydrogens is 558 g/mol. The summed E-state index contributed by atoms with van der Waals surface area (Å²) in [5.41, 5.74) is 6.38. The molecule has 0 spiro atoms. The number of hydrogen-bond acceptors (Lipinski definition) is 6. The van der Waals surface area contributed by atoms with Gasteiger partial charge in [0.2, 0.25) is 11.7 Å². The lowest BCUT2D eigenvalue weighted by molar-refractivity contribution is -0.129. The van der Waals surface area contributed by atoms with Crippen LogP contribution in [0.3, 0.4) is 0 Å². The fraction of sp³-hybridized carbons (Fsp3) is 0.357. The lowest BCUT2D eigenvalue weighted by Crippen LogP contribution is -2.55. The van der Waals surface area contributed by atoms with E-state index in [4.69, 9.17) is 22.1 Å². The average molecular weight is 587 g/mol. The number of benzene rings is 2. The van der Waals surface area contributed by atoms with Gasteiger partial charge in [-0.15, -0.1) is 0 Å². The van der Waals surface area contributed by atoms with Crippen molar-refractivity contribution in [2.45, 2.75) is 43.8 Å². The van der Waals surface area contributed by atoms with Crippen LogP contribution in [0.2, 0.25) is 5.02 Å². The average Bonchev–Trinajstić information content (AvgIpc) is 3.27. The van der Waals surface area contributed by atoms with Crippen LogP contribution in [0.15, 0.2) is 36.5 Å². The summed E-state index contributed by atoms with van der Waals surface area (Å²) in [4.78, 5) is 42.0. The number of nitrogens with one attached hydrogen (secondary N) is 3. The Labute approximate surface area is 239 Å². The molecule has 216 valence electrons. The molecule has 0 atom stereocenters. The number of halogens is 3. The van der Waals surface area contributed by atoms with Crippen molar-refractivity contribution in [2.24, 2.45) is 18.7 Å². The highest BCUT2D eigenvalue weighted by molar-refractivity contribution is 6.34. The minimum absolute atomic E-state index is 0.00773. The molecule has 0 saturated heterocycles. The van der Waals surface area contributed by atoms with Gasteiger partial charge in [0.25, 0.3) is 11.8 Å². The van der Waals surface area contributed by atoms with E-state index in [1.54, 1.807) is 0 Å². The van der Waals surface area contributed by atoms with Crippen molar-refractivity contribution in [3.05, 3.63) is 64.6 Å². The zero-order chi connectivity index (χ0) is 29.4. The predicted octanol–water partition coefficient (Wildman–Crippen LogP) is 3.39. The van der Waals surface area contributed by atoms with Crippen LogP contribution in [-0.4, -0.2) is 52.5 Å². The van der Waals surface area contributed by atoms with Crippen LogP contribution in [0.4, 0.5) is 14.5 Å². The summed E-state index contributed by atoms with van der Waals surface area (Å²) in [6.45, 7) is 0. The second-order valence-corrected chi connectivity index (χ2v) is 10.8. The van der Waals surface area contributed by atoms with E-state index in [-0.39, 0.29) is 69.3 Å². The molecule has 1 heterocycles. The number of rotatable bonds is 8. The maximum atomic E-state index is 14.6. The number of hydrogen-bond donors (Lipinski definition) is 4. The molecule has 3 amide bonds. The molecule has 2 saturated carbocycles. The molecule has 0 unspecified atom stereocenters. The normalized spacial score (nSPS) is 21.3. The van der Waals surface area contributed by atoms with E-state index in [1.807, 2.05) is 0 Å². The zero-order valence-electron chi connectivity index (χ0n) is 22.3. The number of ether oxygens (including phenoxy) is 1. The van der Waals surface area contributed by atoms with Gasteiger partial charge in [0.1, 0.15) is 0 Å². The van der Waals surface area contributed by atoms with Crippen molar-refractivity contribution in [1.29, 1.82) is 0 Å². The number of carbonyl (C=O) groups excluding carboxylic acids is 3. The van der Waals surface area contributed by atoms with Gasteiger partial charge in [-0.3, -0.25) is 14.4 Å². The second kappa shape index (κ2) is 11.5. The summed E-state index contributed by atoms with van der Waals surface area (Å²) in [7, 11) is 2.73. The molecule has 2 aliphatic rings. The summed E-state index contributed by atoms with van der Waals surface area (Å²) in [6.07, 6.45) is 3.93. The van der Waals surface area contributed by atoms with E-state index >= 15 is 0 Å². The minimum Gasteiger partial charge on any atom is -0.494 e. The van der Waals surface area contributed by atoms with E-state index in [2.05, 4.69) is 20.9 Å². The van der Waals surface area contributed by atoms with Gasteiger partial charge in [-0.25, -0.2) is 9.37 Å². The first-order valence-electron chi connectivity index (χ1n) is 13.1. The number of carbonyl (C=O) groups is 3. The monoisotopic (exact) mass is 586 g/mol. The van der Waals surface area contributed by atoms with Crippen molar-refractivity contribution in [2.75, 3.05) is 12.4 Å². The molecule has 41 heavy (non-hydrogen) atoms. The molecule has 3 aromatic rings. The van der Waals surface area contributed by atoms with Gasteiger partial charge in [0.15, 0.2) is 17.4 Å². The van der Waals surface area contributed by atoms with Crippen LogP contribution < -0.4 is 26.4 Å². The summed E-state index contributed by atoms with van der Waals surface area (Å²) >= 11 is 6.35. The van der Waals surface area contributed by atoms with Crippen molar-refractivity contribution >= 4 is 35.0 Å². The Morgan fingerprint density at radius 2 is 1.73 bits per heavy atom. The summed E-state index contributed by atoms with van der Waals surface area (Å²) in [6, 6.07) is 7.21. The number of nitrogens with two attached hydrogens (primary N) is 1. The van der Waals surface area contributed by atoms with Gasteiger partial charge in [0.05, 0.1) is 29.6 Å². The maximum Gasteiger partial charge on any atom is 0.291 e. The third-order valence-electron chi connectivity index (χ3n) is 7.57. The van der Waals surface area contributed by atoms with Gasteiger partial charge in [-0.2, -0.15) is 4.39 Å². The highest BCUT2D eigenvalue weighted by Crippen LogP contribution is 2.31. The summed E-state index contributed by atoms with van der Waals surface area (Å²) in [5.74, 6) is -3.73. The quantitative estimate of drug-likeness (QED) is 0.319. The third-order valence-corrected chi connectivity index (χ3v) is 7.88. The summed E-state index contributed by atoms with van der Waals surface area (Å²) < 4.78 is 34.9. The highest BCUT2D eigenvalue weighted by Gasteiger charge is 2.38. The number of anilines is 1. The van der Waals surface area contributed by atoms with Crippen LogP contribution in [0.1, 0.15) is 46.7 Å². The Hall–Kier alpha value is -4.03. The number of amides is 3. The second-order valence-electron chi connectivity index (χ2n) is 10.4. The van der Waals surface area contributed by atoms with E-state index < -0.39 is 17.5 Å². The molecule has 2 fully saturated rings. The van der Waals surface area contributed by atoms with Gasteiger partial charge in [-0.1, -0.05) is 11.6 Å². The Bertz CT molecular complexity index is 1520. The Balaban J connectivity index is 1.18. The van der Waals surface area contributed by atoms with Crippen LogP contribution in [-0.2, 0) is 11.8 Å². The summed E-state index contributed by atoms with van der Waals surface area (Å²) in [5, 5.41) is 8.64. The molecule has 5 N–H and O–H groups in total. The van der Waals surface area contributed by atoms with Crippen molar-refractivity contribution in [3.8, 4) is 17.0 Å². The van der Waals surface area contributed by atoms with Crippen LogP contribution in [0.5, 0.6) is 5.75 Å². The first-order valence-corrected chi connectivity index (χ1v) is 13.4. The fourth-order valence-corrected chi connectivity index (χ4v) is 5.30. The lowest BCUT2D eigenvalue weighted by atomic mass is 9.78. The fourth-order valence-electron chi connectivity index (χ4n) is 5.03. The van der Waals surface area contributed by atoms with Gasteiger partial charge in [-0.05, 0) is 56.0 Å². The van der Waals surface area contributed by atoms with E-state index in [0.29, 0.717) is 18.5 Å². The van der Waals surface area contributed by atoms with Crippen LogP contribution in [0.25, 0.3) is 11.3 Å². The first-order chi connectivity index (χ1) is 19.5. The predicted molar refractivity (Wildman–Crippen MR) is 148 cm³/mol. The molecule has 5 rings (SSSR count). The Morgan fingerprint density at radius 1 is 1.02 bits per heavy atom. The molecule has 2 aromatic carbocycles. The largest absolute Gasteiger partial charge is 0.494 e. The van der Waals surface area contributed by atoms with Crippen LogP contribution in [0, 0.1) is 17.6 Å². The molecule has 2 aliphatic carbocycles.